The van der Waals surface area contributed by atoms with Crippen LogP contribution in [0.4, 0.5) is 5.82 Å². The van der Waals surface area contributed by atoms with E-state index in [4.69, 9.17) is 4.74 Å². The van der Waals surface area contributed by atoms with Gasteiger partial charge in [0.25, 0.3) is 5.56 Å². The molecule has 1 saturated carbocycles. The van der Waals surface area contributed by atoms with Crippen molar-refractivity contribution in [2.45, 2.75) is 48.3 Å². The van der Waals surface area contributed by atoms with Crippen molar-refractivity contribution < 1.29 is 17.9 Å². The summed E-state index contributed by atoms with van der Waals surface area (Å²) in [6.07, 6.45) is 6.50. The number of rotatable bonds is 7. The lowest BCUT2D eigenvalue weighted by atomic mass is 9.92. The number of anilines is 1. The van der Waals surface area contributed by atoms with Crippen molar-refractivity contribution in [3.8, 4) is 0 Å². The second-order valence-electron chi connectivity index (χ2n) is 8.02. The zero-order valence-corrected chi connectivity index (χ0v) is 17.7. The number of sulfone groups is 1. The number of amides is 1. The molecule has 1 atom stereocenters. The molecule has 4 rings (SSSR count). The maximum atomic E-state index is 13.1. The summed E-state index contributed by atoms with van der Waals surface area (Å²) in [6, 6.07) is 3.48. The van der Waals surface area contributed by atoms with E-state index in [1.54, 1.807) is 24.0 Å². The molecule has 0 bridgehead atoms. The van der Waals surface area contributed by atoms with Crippen LogP contribution in [0.1, 0.15) is 38.1 Å². The Morgan fingerprint density at radius 1 is 1.23 bits per heavy atom. The van der Waals surface area contributed by atoms with E-state index in [1.807, 2.05) is 0 Å². The number of hydrogen-bond donors (Lipinski definition) is 1. The van der Waals surface area contributed by atoms with Crippen molar-refractivity contribution >= 4 is 21.6 Å². The Hall–Kier alpha value is -2.46. The Kier molecular flexibility index (Phi) is 5.79. The second kappa shape index (κ2) is 8.35. The standard InChI is InChI=1S/C20H26N4O5S/c1-23-8-5-18(22-23)21-20(26)17(12-14-6-10-29-11-7-14)24-9-4-16(13-19(24)25)30(27,28)15-2-3-15/h4-5,8-9,13-15,17H,2-3,6-7,10-12H2,1H3,(H,21,22,26)/t17-/m0/s1. The fourth-order valence-corrected chi connectivity index (χ4v) is 5.47. The number of pyridine rings is 1. The van der Waals surface area contributed by atoms with Gasteiger partial charge in [-0.2, -0.15) is 5.10 Å². The molecular formula is C20H26N4O5S. The predicted octanol–water partition coefficient (Wildman–Crippen LogP) is 1.51. The van der Waals surface area contributed by atoms with Crippen LogP contribution in [0.5, 0.6) is 0 Å². The first-order valence-corrected chi connectivity index (χ1v) is 11.7. The summed E-state index contributed by atoms with van der Waals surface area (Å²) in [4.78, 5) is 26.0. The quantitative estimate of drug-likeness (QED) is 0.707. The maximum absolute atomic E-state index is 13.1. The van der Waals surface area contributed by atoms with Gasteiger partial charge >= 0.3 is 0 Å². The van der Waals surface area contributed by atoms with E-state index in [0.717, 1.165) is 18.9 Å². The number of nitrogens with zero attached hydrogens (tertiary/aromatic N) is 3. The van der Waals surface area contributed by atoms with Crippen LogP contribution >= 0.6 is 0 Å². The van der Waals surface area contributed by atoms with Crippen molar-refractivity contribution in [3.63, 3.8) is 0 Å². The molecule has 0 aromatic carbocycles. The molecule has 3 heterocycles. The van der Waals surface area contributed by atoms with Crippen LogP contribution in [0.15, 0.2) is 40.3 Å². The van der Waals surface area contributed by atoms with E-state index in [2.05, 4.69) is 10.4 Å². The highest BCUT2D eigenvalue weighted by atomic mass is 32.2. The summed E-state index contributed by atoms with van der Waals surface area (Å²) in [6.45, 7) is 1.26. The Bertz CT molecular complexity index is 1080. The van der Waals surface area contributed by atoms with Gasteiger partial charge in [0.1, 0.15) is 6.04 Å². The zero-order chi connectivity index (χ0) is 21.3. The van der Waals surface area contributed by atoms with Crippen LogP contribution in [0.2, 0.25) is 0 Å². The largest absolute Gasteiger partial charge is 0.381 e. The third-order valence-electron chi connectivity index (χ3n) is 5.71. The Labute approximate surface area is 175 Å². The fraction of sp³-hybridized carbons (Fsp3) is 0.550. The van der Waals surface area contributed by atoms with Gasteiger partial charge in [0, 0.05) is 44.8 Å². The topological polar surface area (TPSA) is 112 Å². The van der Waals surface area contributed by atoms with Crippen LogP contribution in [0, 0.1) is 5.92 Å². The molecule has 30 heavy (non-hydrogen) atoms. The average molecular weight is 435 g/mol. The summed E-state index contributed by atoms with van der Waals surface area (Å²) in [5.74, 6) is 0.292. The van der Waals surface area contributed by atoms with Gasteiger partial charge < -0.3 is 14.6 Å². The number of aryl methyl sites for hydroxylation is 1. The first kappa shape index (κ1) is 20.8. The third-order valence-corrected chi connectivity index (χ3v) is 7.97. The van der Waals surface area contributed by atoms with Crippen LogP contribution < -0.4 is 10.9 Å². The molecule has 0 unspecified atom stereocenters. The van der Waals surface area contributed by atoms with E-state index >= 15 is 0 Å². The monoisotopic (exact) mass is 434 g/mol. The lowest BCUT2D eigenvalue weighted by Gasteiger charge is -2.27. The van der Waals surface area contributed by atoms with Gasteiger partial charge in [-0.1, -0.05) is 0 Å². The van der Waals surface area contributed by atoms with Gasteiger partial charge in [0.05, 0.1) is 10.1 Å². The smallest absolute Gasteiger partial charge is 0.252 e. The molecule has 0 radical (unpaired) electrons. The molecule has 0 spiro atoms. The molecule has 1 amide bonds. The molecule has 2 aromatic rings. The molecule has 2 fully saturated rings. The van der Waals surface area contributed by atoms with E-state index in [1.165, 1.54) is 16.8 Å². The van der Waals surface area contributed by atoms with Crippen LogP contribution in [-0.4, -0.2) is 47.1 Å². The summed E-state index contributed by atoms with van der Waals surface area (Å²) >= 11 is 0. The van der Waals surface area contributed by atoms with Gasteiger partial charge in [0.2, 0.25) is 5.91 Å². The lowest BCUT2D eigenvalue weighted by molar-refractivity contribution is -0.120. The maximum Gasteiger partial charge on any atom is 0.252 e. The Balaban J connectivity index is 1.62. The van der Waals surface area contributed by atoms with Crippen molar-refractivity contribution in [2.75, 3.05) is 18.5 Å². The minimum absolute atomic E-state index is 0.0289. The number of nitrogens with one attached hydrogen (secondary N) is 1. The summed E-state index contributed by atoms with van der Waals surface area (Å²) in [5.41, 5.74) is -0.495. The average Bonchev–Trinajstić information content (AvgIpc) is 3.51. The number of hydrogen-bond acceptors (Lipinski definition) is 6. The molecule has 2 aliphatic rings. The first-order valence-electron chi connectivity index (χ1n) is 10.2. The van der Waals surface area contributed by atoms with Gasteiger partial charge in [-0.05, 0) is 44.1 Å². The highest BCUT2D eigenvalue weighted by molar-refractivity contribution is 7.92. The van der Waals surface area contributed by atoms with Crippen molar-refractivity contribution in [1.82, 2.24) is 14.3 Å². The van der Waals surface area contributed by atoms with E-state index in [9.17, 15) is 18.0 Å². The fourth-order valence-electron chi connectivity index (χ4n) is 3.81. The number of aromatic nitrogens is 3. The van der Waals surface area contributed by atoms with Crippen molar-refractivity contribution in [3.05, 3.63) is 40.9 Å². The summed E-state index contributed by atoms with van der Waals surface area (Å²) in [7, 11) is -1.72. The molecule has 2 aromatic heterocycles. The molecule has 162 valence electrons. The number of ether oxygens (including phenoxy) is 1. The number of carbonyl (C=O) groups is 1. The third kappa shape index (κ3) is 4.49. The van der Waals surface area contributed by atoms with Crippen molar-refractivity contribution in [2.24, 2.45) is 13.0 Å². The highest BCUT2D eigenvalue weighted by Crippen LogP contribution is 2.33. The van der Waals surface area contributed by atoms with E-state index in [-0.39, 0.29) is 16.7 Å². The first-order chi connectivity index (χ1) is 14.3. The van der Waals surface area contributed by atoms with Gasteiger partial charge in [-0.15, -0.1) is 0 Å². The Morgan fingerprint density at radius 2 is 1.97 bits per heavy atom. The van der Waals surface area contributed by atoms with Gasteiger partial charge in [-0.25, -0.2) is 8.42 Å². The minimum Gasteiger partial charge on any atom is -0.381 e. The molecule has 10 heteroatoms. The van der Waals surface area contributed by atoms with Crippen LogP contribution in [-0.2, 0) is 26.4 Å². The number of carbonyl (C=O) groups excluding carboxylic acids is 1. The molecular weight excluding hydrogens is 408 g/mol. The zero-order valence-electron chi connectivity index (χ0n) is 16.9. The van der Waals surface area contributed by atoms with Gasteiger partial charge in [-0.3, -0.25) is 14.3 Å². The molecule has 9 nitrogen and oxygen atoms in total. The highest BCUT2D eigenvalue weighted by Gasteiger charge is 2.37. The van der Waals surface area contributed by atoms with Crippen molar-refractivity contribution in [1.29, 1.82) is 0 Å². The minimum atomic E-state index is -3.47. The SMILES string of the molecule is Cn1ccc(NC(=O)[C@H](CC2CCOCC2)n2ccc(S(=O)(=O)C3CC3)cc2=O)n1. The molecule has 1 aliphatic heterocycles. The normalized spacial score (nSPS) is 18.8. The van der Waals surface area contributed by atoms with Crippen LogP contribution in [0.25, 0.3) is 0 Å². The summed E-state index contributed by atoms with van der Waals surface area (Å²) < 4.78 is 33.3. The molecule has 1 aliphatic carbocycles. The van der Waals surface area contributed by atoms with E-state index < -0.39 is 26.7 Å². The van der Waals surface area contributed by atoms with Crippen LogP contribution in [0.3, 0.4) is 0 Å². The lowest BCUT2D eigenvalue weighted by Crippen LogP contribution is -2.35. The van der Waals surface area contributed by atoms with Gasteiger partial charge in [0.15, 0.2) is 15.7 Å². The molecule has 1 N–H and O–H groups in total. The summed E-state index contributed by atoms with van der Waals surface area (Å²) in [5, 5.41) is 6.55. The Morgan fingerprint density at radius 3 is 2.57 bits per heavy atom. The second-order valence-corrected chi connectivity index (χ2v) is 10.3. The van der Waals surface area contributed by atoms with E-state index in [0.29, 0.717) is 38.3 Å². The molecule has 1 saturated heterocycles. The predicted molar refractivity (Wildman–Crippen MR) is 110 cm³/mol.